The van der Waals surface area contributed by atoms with E-state index in [0.29, 0.717) is 40.3 Å². The Bertz CT molecular complexity index is 1150. The van der Waals surface area contributed by atoms with Crippen LogP contribution in [0, 0.1) is 0 Å². The van der Waals surface area contributed by atoms with E-state index in [2.05, 4.69) is 26.9 Å². The Balaban J connectivity index is 1.81. The highest BCUT2D eigenvalue weighted by Gasteiger charge is 2.17. The minimum absolute atomic E-state index is 0.263. The Morgan fingerprint density at radius 1 is 1.29 bits per heavy atom. The zero-order chi connectivity index (χ0) is 24.5. The van der Waals surface area contributed by atoms with Gasteiger partial charge in [0, 0.05) is 43.8 Å². The predicted molar refractivity (Wildman–Crippen MR) is 134 cm³/mol. The number of amides is 1. The normalized spacial score (nSPS) is 15.0. The van der Waals surface area contributed by atoms with Gasteiger partial charge in [-0.15, -0.1) is 0 Å². The Kier molecular flexibility index (Phi) is 8.94. The number of nitrogens with zero attached hydrogens (tertiary/aromatic N) is 4. The summed E-state index contributed by atoms with van der Waals surface area (Å²) in [5.74, 6) is 0.921. The highest BCUT2D eigenvalue weighted by molar-refractivity contribution is 6.04. The molecule has 182 valence electrons. The molecule has 10 nitrogen and oxygen atoms in total. The first kappa shape index (κ1) is 25.1. The van der Waals surface area contributed by atoms with E-state index in [4.69, 9.17) is 14.2 Å². The van der Waals surface area contributed by atoms with Crippen LogP contribution in [0.15, 0.2) is 44.8 Å². The molecule has 0 saturated carbocycles. The number of carbonyl (C=O) groups excluding carboxylic acids is 1. The molecule has 0 atom stereocenters. The number of anilines is 1. The van der Waals surface area contributed by atoms with Gasteiger partial charge in [0.25, 0.3) is 11.5 Å². The number of benzene rings is 1. The number of pyridine rings is 1. The number of hydrogen-bond donors (Lipinski definition) is 1. The van der Waals surface area contributed by atoms with E-state index >= 15 is 0 Å². The summed E-state index contributed by atoms with van der Waals surface area (Å²) < 4.78 is 18.4. The van der Waals surface area contributed by atoms with E-state index in [1.807, 2.05) is 0 Å². The highest BCUT2D eigenvalue weighted by Crippen LogP contribution is 2.35. The molecule has 0 bridgehead atoms. The van der Waals surface area contributed by atoms with Gasteiger partial charge in [-0.25, -0.2) is 4.99 Å². The molecule has 34 heavy (non-hydrogen) atoms. The maximum Gasteiger partial charge on any atom is 0.259 e. The van der Waals surface area contributed by atoms with Crippen LogP contribution in [0.1, 0.15) is 13.3 Å². The average Bonchev–Trinajstić information content (AvgIpc) is 2.85. The number of methoxy groups -OCH3 is 1. The number of fused-ring (bicyclic) bond motifs is 1. The van der Waals surface area contributed by atoms with Gasteiger partial charge in [0.05, 0.1) is 32.3 Å². The second kappa shape index (κ2) is 12.1. The number of morpholine rings is 1. The van der Waals surface area contributed by atoms with E-state index in [9.17, 15) is 9.59 Å². The van der Waals surface area contributed by atoms with Crippen LogP contribution in [-0.4, -0.2) is 75.0 Å². The summed E-state index contributed by atoms with van der Waals surface area (Å²) in [6.07, 6.45) is 3.46. The van der Waals surface area contributed by atoms with Gasteiger partial charge in [-0.05, 0) is 38.3 Å². The van der Waals surface area contributed by atoms with Crippen LogP contribution in [0.4, 0.5) is 5.82 Å². The SMILES string of the molecule is C=N/C=N\C=C(/C)C(=O)Nc1cc2c(OC)c(OCCCN3CCOCC3)ccc2c(=O)n1C. The van der Waals surface area contributed by atoms with Crippen molar-refractivity contribution < 1.29 is 19.0 Å². The van der Waals surface area contributed by atoms with E-state index in [-0.39, 0.29) is 5.56 Å². The van der Waals surface area contributed by atoms with Crippen molar-refractivity contribution in [2.24, 2.45) is 17.0 Å². The van der Waals surface area contributed by atoms with Crippen LogP contribution < -0.4 is 20.3 Å². The Morgan fingerprint density at radius 3 is 2.76 bits per heavy atom. The molecule has 2 aromatic rings. The first-order valence-corrected chi connectivity index (χ1v) is 11.1. The first-order valence-electron chi connectivity index (χ1n) is 11.1. The number of ether oxygens (including phenoxy) is 3. The van der Waals surface area contributed by atoms with Crippen LogP contribution in [-0.2, 0) is 16.6 Å². The monoisotopic (exact) mass is 469 g/mol. The molecule has 1 N–H and O–H groups in total. The van der Waals surface area contributed by atoms with Gasteiger partial charge in [-0.2, -0.15) is 0 Å². The van der Waals surface area contributed by atoms with Gasteiger partial charge in [-0.1, -0.05) is 0 Å². The molecular weight excluding hydrogens is 438 g/mol. The van der Waals surface area contributed by atoms with Crippen LogP contribution in [0.5, 0.6) is 11.5 Å². The van der Waals surface area contributed by atoms with Crippen molar-refractivity contribution in [2.45, 2.75) is 13.3 Å². The average molecular weight is 470 g/mol. The lowest BCUT2D eigenvalue weighted by atomic mass is 10.1. The molecule has 2 heterocycles. The molecule has 1 aromatic carbocycles. The molecule has 1 aromatic heterocycles. The molecule has 1 fully saturated rings. The lowest BCUT2D eigenvalue weighted by Crippen LogP contribution is -2.37. The van der Waals surface area contributed by atoms with Crippen molar-refractivity contribution in [3.05, 3.63) is 40.3 Å². The molecule has 0 radical (unpaired) electrons. The van der Waals surface area contributed by atoms with Crippen molar-refractivity contribution in [3.8, 4) is 11.5 Å². The molecule has 3 rings (SSSR count). The van der Waals surface area contributed by atoms with Crippen LogP contribution >= 0.6 is 0 Å². The topological polar surface area (TPSA) is 107 Å². The summed E-state index contributed by atoms with van der Waals surface area (Å²) in [5.41, 5.74) is 0.0808. The van der Waals surface area contributed by atoms with Crippen molar-refractivity contribution in [2.75, 3.05) is 51.9 Å². The fraction of sp³-hybridized carbons (Fsp3) is 0.417. The van der Waals surface area contributed by atoms with Crippen molar-refractivity contribution in [1.29, 1.82) is 0 Å². The summed E-state index contributed by atoms with van der Waals surface area (Å²) >= 11 is 0. The third kappa shape index (κ3) is 6.09. The number of carbonyl (C=O) groups is 1. The maximum atomic E-state index is 13.0. The number of nitrogens with one attached hydrogen (secondary N) is 1. The minimum atomic E-state index is -0.398. The van der Waals surface area contributed by atoms with Gasteiger partial charge >= 0.3 is 0 Å². The maximum absolute atomic E-state index is 13.0. The van der Waals surface area contributed by atoms with E-state index < -0.39 is 5.91 Å². The van der Waals surface area contributed by atoms with Gasteiger partial charge in [0.15, 0.2) is 11.5 Å². The van der Waals surface area contributed by atoms with Crippen molar-refractivity contribution >= 4 is 35.6 Å². The first-order chi connectivity index (χ1) is 16.5. The number of aromatic nitrogens is 1. The van der Waals surface area contributed by atoms with E-state index in [1.165, 1.54) is 24.2 Å². The Hall–Kier alpha value is -3.50. The molecule has 0 aliphatic carbocycles. The Labute approximate surface area is 198 Å². The zero-order valence-corrected chi connectivity index (χ0v) is 19.9. The van der Waals surface area contributed by atoms with Gasteiger partial charge < -0.3 is 19.5 Å². The molecule has 10 heteroatoms. The number of aliphatic imine (C=N–C) groups is 2. The van der Waals surface area contributed by atoms with Crippen molar-refractivity contribution in [3.63, 3.8) is 0 Å². The lowest BCUT2D eigenvalue weighted by Gasteiger charge is -2.26. The van der Waals surface area contributed by atoms with Gasteiger partial charge in [0.2, 0.25) is 0 Å². The van der Waals surface area contributed by atoms with E-state index in [1.54, 1.807) is 32.2 Å². The molecule has 1 amide bonds. The second-order valence-corrected chi connectivity index (χ2v) is 7.82. The summed E-state index contributed by atoms with van der Waals surface area (Å²) in [5, 5.41) is 3.78. The lowest BCUT2D eigenvalue weighted by molar-refractivity contribution is -0.112. The molecule has 0 spiro atoms. The summed E-state index contributed by atoms with van der Waals surface area (Å²) in [6, 6.07) is 5.16. The fourth-order valence-corrected chi connectivity index (χ4v) is 3.64. The standard InChI is InChI=1S/C24H31N5O5/c1-17(15-26-16-25-2)23(30)27-21-14-19-18(24(31)28(21)3)6-7-20(22(19)32-4)34-11-5-8-29-9-12-33-13-10-29/h6-7,14-16H,2,5,8-13H2,1,3-4H3,(H,27,30)/b17-15+,26-16-. The third-order valence-corrected chi connectivity index (χ3v) is 5.54. The zero-order valence-electron chi connectivity index (χ0n) is 19.9. The smallest absolute Gasteiger partial charge is 0.259 e. The van der Waals surface area contributed by atoms with Gasteiger partial charge in [0.1, 0.15) is 12.2 Å². The predicted octanol–water partition coefficient (Wildman–Crippen LogP) is 2.22. The summed E-state index contributed by atoms with van der Waals surface area (Å²) in [7, 11) is 3.13. The molecule has 1 aliphatic heterocycles. The second-order valence-electron chi connectivity index (χ2n) is 7.82. The largest absolute Gasteiger partial charge is 0.492 e. The van der Waals surface area contributed by atoms with Crippen molar-refractivity contribution in [1.82, 2.24) is 9.47 Å². The molecule has 0 unspecified atom stereocenters. The number of hydrogen-bond acceptors (Lipinski definition) is 7. The highest BCUT2D eigenvalue weighted by atomic mass is 16.5. The van der Waals surface area contributed by atoms with Gasteiger partial charge in [-0.3, -0.25) is 24.0 Å². The third-order valence-electron chi connectivity index (χ3n) is 5.54. The summed E-state index contributed by atoms with van der Waals surface area (Å²) in [4.78, 5) is 35.2. The molecule has 1 aliphatic rings. The van der Waals surface area contributed by atoms with Crippen LogP contribution in [0.2, 0.25) is 0 Å². The minimum Gasteiger partial charge on any atom is -0.492 e. The quantitative estimate of drug-likeness (QED) is 0.248. The van der Waals surface area contributed by atoms with Crippen LogP contribution in [0.3, 0.4) is 0 Å². The number of rotatable bonds is 10. The fourth-order valence-electron chi connectivity index (χ4n) is 3.64. The summed E-state index contributed by atoms with van der Waals surface area (Å²) in [6.45, 7) is 9.74. The Morgan fingerprint density at radius 2 is 2.06 bits per heavy atom. The van der Waals surface area contributed by atoms with Crippen LogP contribution in [0.25, 0.3) is 10.8 Å². The molecular formula is C24H31N5O5. The van der Waals surface area contributed by atoms with E-state index in [0.717, 1.165) is 39.3 Å². The molecule has 1 saturated heterocycles.